The van der Waals surface area contributed by atoms with Gasteiger partial charge in [0.2, 0.25) is 5.91 Å². The zero-order chi connectivity index (χ0) is 18.9. The molecule has 1 aliphatic rings. The van der Waals surface area contributed by atoms with Gasteiger partial charge in [-0.05, 0) is 56.1 Å². The van der Waals surface area contributed by atoms with Crippen molar-refractivity contribution in [1.29, 1.82) is 0 Å². The van der Waals surface area contributed by atoms with Gasteiger partial charge >= 0.3 is 0 Å². The van der Waals surface area contributed by atoms with Crippen molar-refractivity contribution in [2.24, 2.45) is 0 Å². The Bertz CT molecular complexity index is 723. The Morgan fingerprint density at radius 1 is 1.00 bits per heavy atom. The van der Waals surface area contributed by atoms with Gasteiger partial charge in [-0.2, -0.15) is 0 Å². The Hall–Kier alpha value is -1.78. The number of hydrogen-bond donors (Lipinski definition) is 1. The van der Waals surface area contributed by atoms with Crippen LogP contribution in [0.15, 0.2) is 53.4 Å². The van der Waals surface area contributed by atoms with E-state index in [1.54, 1.807) is 11.8 Å². The van der Waals surface area contributed by atoms with E-state index in [4.69, 9.17) is 0 Å². The molecule has 0 atom stereocenters. The number of amides is 1. The number of aryl methyl sites for hydroxylation is 1. The van der Waals surface area contributed by atoms with Crippen molar-refractivity contribution in [3.8, 4) is 0 Å². The van der Waals surface area contributed by atoms with Crippen molar-refractivity contribution >= 4 is 17.7 Å². The molecule has 2 aromatic carbocycles. The van der Waals surface area contributed by atoms with Crippen LogP contribution in [0.25, 0.3) is 0 Å². The van der Waals surface area contributed by atoms with Crippen molar-refractivity contribution in [2.45, 2.75) is 50.6 Å². The molecule has 0 radical (unpaired) electrons. The molecule has 3 rings (SSSR count). The summed E-state index contributed by atoms with van der Waals surface area (Å²) in [6.07, 6.45) is 4.51. The van der Waals surface area contributed by atoms with Gasteiger partial charge in [0, 0.05) is 30.2 Å². The van der Waals surface area contributed by atoms with Gasteiger partial charge < -0.3 is 5.32 Å². The minimum Gasteiger partial charge on any atom is -0.352 e. The number of hydrogen-bond acceptors (Lipinski definition) is 3. The van der Waals surface area contributed by atoms with Crippen LogP contribution in [0.2, 0.25) is 0 Å². The molecule has 144 valence electrons. The summed E-state index contributed by atoms with van der Waals surface area (Å²) in [4.78, 5) is 16.0. The second-order valence-corrected chi connectivity index (χ2v) is 8.46. The molecule has 0 spiro atoms. The van der Waals surface area contributed by atoms with Gasteiger partial charge in [0.1, 0.15) is 0 Å². The first kappa shape index (κ1) is 20.0. The van der Waals surface area contributed by atoms with Gasteiger partial charge in [0.25, 0.3) is 0 Å². The Labute approximate surface area is 167 Å². The molecule has 1 fully saturated rings. The molecule has 1 saturated heterocycles. The predicted octanol–water partition coefficient (Wildman–Crippen LogP) is 4.78. The third-order valence-corrected chi connectivity index (χ3v) is 6.07. The van der Waals surface area contributed by atoms with E-state index in [-0.39, 0.29) is 5.91 Å². The Morgan fingerprint density at radius 2 is 1.70 bits per heavy atom. The van der Waals surface area contributed by atoms with E-state index in [2.05, 4.69) is 65.7 Å². The zero-order valence-electron chi connectivity index (χ0n) is 16.2. The third-order valence-electron chi connectivity index (χ3n) is 5.06. The normalized spacial score (nSPS) is 14.9. The molecule has 0 aliphatic carbocycles. The van der Waals surface area contributed by atoms with E-state index >= 15 is 0 Å². The number of carbonyl (C=O) groups excluding carboxylic acids is 1. The van der Waals surface area contributed by atoms with Gasteiger partial charge in [-0.3, -0.25) is 9.69 Å². The Balaban J connectivity index is 1.43. The van der Waals surface area contributed by atoms with E-state index in [9.17, 15) is 4.79 Å². The summed E-state index contributed by atoms with van der Waals surface area (Å²) in [6, 6.07) is 17.0. The minimum absolute atomic E-state index is 0.127. The number of benzene rings is 2. The number of thioether (sulfide) groups is 1. The lowest BCUT2D eigenvalue weighted by molar-refractivity contribution is -0.120. The fourth-order valence-electron chi connectivity index (χ4n) is 3.42. The highest BCUT2D eigenvalue weighted by molar-refractivity contribution is 7.99. The van der Waals surface area contributed by atoms with Gasteiger partial charge in [-0.25, -0.2) is 0 Å². The maximum Gasteiger partial charge on any atom is 0.221 e. The van der Waals surface area contributed by atoms with E-state index in [1.807, 2.05) is 0 Å². The first-order chi connectivity index (χ1) is 13.2. The highest BCUT2D eigenvalue weighted by atomic mass is 32.2. The Morgan fingerprint density at radius 3 is 2.44 bits per heavy atom. The average Bonchev–Trinajstić information content (AvgIpc) is 2.70. The van der Waals surface area contributed by atoms with Crippen LogP contribution in [0.5, 0.6) is 0 Å². The molecular weight excluding hydrogens is 352 g/mol. The van der Waals surface area contributed by atoms with E-state index in [1.165, 1.54) is 53.9 Å². The summed E-state index contributed by atoms with van der Waals surface area (Å²) in [6.45, 7) is 6.09. The van der Waals surface area contributed by atoms with Crippen LogP contribution < -0.4 is 5.32 Å². The van der Waals surface area contributed by atoms with Crippen molar-refractivity contribution in [1.82, 2.24) is 10.2 Å². The van der Waals surface area contributed by atoms with Crippen LogP contribution in [0.3, 0.4) is 0 Å². The Kier molecular flexibility index (Phi) is 7.79. The number of nitrogens with one attached hydrogen (secondary N) is 1. The lowest BCUT2D eigenvalue weighted by Crippen LogP contribution is -2.30. The molecule has 1 amide bonds. The second kappa shape index (κ2) is 10.5. The molecule has 3 nitrogen and oxygen atoms in total. The highest BCUT2D eigenvalue weighted by Gasteiger charge is 2.12. The average molecular weight is 383 g/mol. The van der Waals surface area contributed by atoms with E-state index in [0.717, 1.165) is 12.3 Å². The van der Waals surface area contributed by atoms with Crippen LogP contribution in [-0.2, 0) is 17.9 Å². The molecule has 4 heteroatoms. The number of carbonyl (C=O) groups is 1. The van der Waals surface area contributed by atoms with Crippen LogP contribution >= 0.6 is 11.8 Å². The van der Waals surface area contributed by atoms with Crippen LogP contribution in [0.4, 0.5) is 0 Å². The molecule has 1 aliphatic heterocycles. The standard InChI is InChI=1S/C23H30N2OS/c1-19-9-11-22(12-10-19)27-16-13-23(26)24-17-20-7-3-4-8-21(20)18-25-14-5-2-6-15-25/h3-4,7-12H,2,5-6,13-18H2,1H3,(H,24,26). The van der Waals surface area contributed by atoms with Crippen molar-refractivity contribution in [2.75, 3.05) is 18.8 Å². The maximum atomic E-state index is 12.2. The number of likely N-dealkylation sites (tertiary alicyclic amines) is 1. The molecule has 0 saturated carbocycles. The lowest BCUT2D eigenvalue weighted by atomic mass is 10.0. The summed E-state index contributed by atoms with van der Waals surface area (Å²) in [5, 5.41) is 3.10. The lowest BCUT2D eigenvalue weighted by Gasteiger charge is -2.27. The van der Waals surface area contributed by atoms with Crippen molar-refractivity contribution in [3.63, 3.8) is 0 Å². The summed E-state index contributed by atoms with van der Waals surface area (Å²) in [7, 11) is 0. The van der Waals surface area contributed by atoms with Crippen LogP contribution in [0.1, 0.15) is 42.4 Å². The van der Waals surface area contributed by atoms with E-state index in [0.29, 0.717) is 13.0 Å². The molecule has 0 bridgehead atoms. The van der Waals surface area contributed by atoms with Crippen molar-refractivity contribution in [3.05, 3.63) is 65.2 Å². The molecular formula is C23H30N2OS. The smallest absolute Gasteiger partial charge is 0.221 e. The van der Waals surface area contributed by atoms with E-state index < -0.39 is 0 Å². The van der Waals surface area contributed by atoms with Crippen LogP contribution in [-0.4, -0.2) is 29.6 Å². The summed E-state index contributed by atoms with van der Waals surface area (Å²) in [5.74, 6) is 0.937. The third kappa shape index (κ3) is 6.71. The maximum absolute atomic E-state index is 12.2. The molecule has 0 aromatic heterocycles. The fourth-order valence-corrected chi connectivity index (χ4v) is 4.27. The van der Waals surface area contributed by atoms with Gasteiger partial charge in [-0.1, -0.05) is 48.4 Å². The fraction of sp³-hybridized carbons (Fsp3) is 0.435. The summed E-state index contributed by atoms with van der Waals surface area (Å²) >= 11 is 1.74. The molecule has 0 unspecified atom stereocenters. The molecule has 1 heterocycles. The number of nitrogens with zero attached hydrogens (tertiary/aromatic N) is 1. The second-order valence-electron chi connectivity index (χ2n) is 7.29. The van der Waals surface area contributed by atoms with Crippen LogP contribution in [0, 0.1) is 6.92 Å². The monoisotopic (exact) mass is 382 g/mol. The number of piperidine rings is 1. The SMILES string of the molecule is Cc1ccc(SCCC(=O)NCc2ccccc2CN2CCCCC2)cc1. The summed E-state index contributed by atoms with van der Waals surface area (Å²) < 4.78 is 0. The summed E-state index contributed by atoms with van der Waals surface area (Å²) in [5.41, 5.74) is 3.84. The minimum atomic E-state index is 0.127. The first-order valence-electron chi connectivity index (χ1n) is 9.96. The zero-order valence-corrected chi connectivity index (χ0v) is 17.1. The first-order valence-corrected chi connectivity index (χ1v) is 10.9. The highest BCUT2D eigenvalue weighted by Crippen LogP contribution is 2.19. The molecule has 2 aromatic rings. The largest absolute Gasteiger partial charge is 0.352 e. The topological polar surface area (TPSA) is 32.3 Å². The van der Waals surface area contributed by atoms with Gasteiger partial charge in [0.15, 0.2) is 0 Å². The van der Waals surface area contributed by atoms with Crippen molar-refractivity contribution < 1.29 is 4.79 Å². The molecule has 1 N–H and O–H groups in total. The quantitative estimate of drug-likeness (QED) is 0.667. The molecule has 27 heavy (non-hydrogen) atoms. The van der Waals surface area contributed by atoms with Gasteiger partial charge in [0.05, 0.1) is 0 Å². The number of rotatable bonds is 8. The predicted molar refractivity (Wildman–Crippen MR) is 114 cm³/mol. The van der Waals surface area contributed by atoms with Gasteiger partial charge in [-0.15, -0.1) is 11.8 Å².